The molecular formula is C12H20N2O2. The number of carbonyl (C=O) groups excluding carboxylic acids is 1. The molecule has 16 heavy (non-hydrogen) atoms. The average molecular weight is 224 g/mol. The van der Waals surface area contributed by atoms with Crippen molar-refractivity contribution in [2.75, 3.05) is 26.7 Å². The molecule has 3 atom stereocenters. The van der Waals surface area contributed by atoms with E-state index in [1.54, 1.807) is 0 Å². The van der Waals surface area contributed by atoms with Gasteiger partial charge < -0.3 is 15.0 Å². The van der Waals surface area contributed by atoms with Gasteiger partial charge in [-0.25, -0.2) is 0 Å². The summed E-state index contributed by atoms with van der Waals surface area (Å²) >= 11 is 0. The van der Waals surface area contributed by atoms with Crippen molar-refractivity contribution in [1.29, 1.82) is 0 Å². The quantitative estimate of drug-likeness (QED) is 0.682. The summed E-state index contributed by atoms with van der Waals surface area (Å²) in [4.78, 5) is 14.3. The minimum Gasteiger partial charge on any atom is -0.462 e. The van der Waals surface area contributed by atoms with Gasteiger partial charge in [0.2, 0.25) is 0 Å². The number of nitrogens with zero attached hydrogens (tertiary/aromatic N) is 1. The van der Waals surface area contributed by atoms with Crippen LogP contribution in [0.4, 0.5) is 0 Å². The number of ether oxygens (including phenoxy) is 1. The minimum atomic E-state index is 0.0563. The van der Waals surface area contributed by atoms with Gasteiger partial charge in [0, 0.05) is 19.1 Å². The summed E-state index contributed by atoms with van der Waals surface area (Å²) < 4.78 is 5.62. The Kier molecular flexibility index (Phi) is 2.64. The zero-order valence-electron chi connectivity index (χ0n) is 9.82. The van der Waals surface area contributed by atoms with Gasteiger partial charge in [0.1, 0.15) is 6.10 Å². The topological polar surface area (TPSA) is 41.6 Å². The van der Waals surface area contributed by atoms with Gasteiger partial charge in [-0.2, -0.15) is 0 Å². The van der Waals surface area contributed by atoms with Crippen molar-refractivity contribution in [1.82, 2.24) is 10.2 Å². The highest BCUT2D eigenvalue weighted by molar-refractivity contribution is 5.75. The van der Waals surface area contributed by atoms with Gasteiger partial charge in [0.25, 0.3) is 0 Å². The lowest BCUT2D eigenvalue weighted by Crippen LogP contribution is -2.45. The summed E-state index contributed by atoms with van der Waals surface area (Å²) in [5, 5.41) is 3.36. The average Bonchev–Trinajstić information content (AvgIpc) is 2.83. The summed E-state index contributed by atoms with van der Waals surface area (Å²) in [5.74, 6) is 0.782. The first-order chi connectivity index (χ1) is 7.74. The van der Waals surface area contributed by atoms with Crippen molar-refractivity contribution < 1.29 is 9.53 Å². The number of fused-ring (bicyclic) bond motifs is 1. The zero-order chi connectivity index (χ0) is 11.1. The smallest absolute Gasteiger partial charge is 0.311 e. The molecule has 4 aliphatic rings. The van der Waals surface area contributed by atoms with E-state index in [-0.39, 0.29) is 18.0 Å². The van der Waals surface area contributed by atoms with Crippen LogP contribution < -0.4 is 5.32 Å². The van der Waals surface area contributed by atoms with Crippen molar-refractivity contribution in [3.05, 3.63) is 0 Å². The number of nitrogens with one attached hydrogen (secondary N) is 1. The van der Waals surface area contributed by atoms with Crippen LogP contribution in [0.25, 0.3) is 0 Å². The van der Waals surface area contributed by atoms with Gasteiger partial charge >= 0.3 is 5.97 Å². The molecule has 90 valence electrons. The fourth-order valence-electron chi connectivity index (χ4n) is 3.18. The summed E-state index contributed by atoms with van der Waals surface area (Å²) in [5.41, 5.74) is 0. The molecule has 1 aliphatic carbocycles. The van der Waals surface area contributed by atoms with Crippen LogP contribution in [0.1, 0.15) is 19.3 Å². The second-order valence-corrected chi connectivity index (χ2v) is 5.48. The molecule has 3 unspecified atom stereocenters. The zero-order valence-corrected chi connectivity index (χ0v) is 9.82. The molecule has 1 N–H and O–H groups in total. The second-order valence-electron chi connectivity index (χ2n) is 5.48. The van der Waals surface area contributed by atoms with Crippen molar-refractivity contribution in [3.8, 4) is 0 Å². The van der Waals surface area contributed by atoms with Crippen LogP contribution in [0.3, 0.4) is 0 Å². The molecule has 4 rings (SSSR count). The summed E-state index contributed by atoms with van der Waals surface area (Å²) in [6, 6.07) is 0.420. The molecule has 0 spiro atoms. The number of esters is 1. The Labute approximate surface area is 96.3 Å². The first-order valence-corrected chi connectivity index (χ1v) is 6.36. The van der Waals surface area contributed by atoms with Crippen molar-refractivity contribution in [2.24, 2.45) is 11.8 Å². The number of carbonyl (C=O) groups is 1. The number of hydrogen-bond donors (Lipinski definition) is 1. The Bertz CT molecular complexity index is 273. The third kappa shape index (κ3) is 1.74. The van der Waals surface area contributed by atoms with E-state index in [0.717, 1.165) is 32.5 Å². The number of hydrogen-bond acceptors (Lipinski definition) is 4. The molecular weight excluding hydrogens is 204 g/mol. The molecule has 0 radical (unpaired) electrons. The van der Waals surface area contributed by atoms with Crippen LogP contribution in [0.15, 0.2) is 0 Å². The van der Waals surface area contributed by atoms with E-state index in [1.165, 1.54) is 6.42 Å². The monoisotopic (exact) mass is 224 g/mol. The highest BCUT2D eigenvalue weighted by Gasteiger charge is 2.51. The van der Waals surface area contributed by atoms with E-state index in [0.29, 0.717) is 12.0 Å². The third-order valence-corrected chi connectivity index (χ3v) is 4.36. The third-order valence-electron chi connectivity index (χ3n) is 4.36. The highest BCUT2D eigenvalue weighted by Crippen LogP contribution is 2.41. The normalized spacial score (nSPS) is 39.4. The fraction of sp³-hybridized carbons (Fsp3) is 0.917. The predicted molar refractivity (Wildman–Crippen MR) is 60.0 cm³/mol. The Morgan fingerprint density at radius 3 is 2.69 bits per heavy atom. The van der Waals surface area contributed by atoms with Gasteiger partial charge in [-0.15, -0.1) is 0 Å². The van der Waals surface area contributed by atoms with E-state index < -0.39 is 0 Å². The Morgan fingerprint density at radius 2 is 2.12 bits per heavy atom. The van der Waals surface area contributed by atoms with Gasteiger partial charge in [-0.3, -0.25) is 4.79 Å². The summed E-state index contributed by atoms with van der Waals surface area (Å²) in [7, 11) is 2.12. The van der Waals surface area contributed by atoms with Gasteiger partial charge in [0.15, 0.2) is 0 Å². The molecule has 0 aromatic heterocycles. The first kappa shape index (κ1) is 10.5. The Morgan fingerprint density at radius 1 is 1.38 bits per heavy atom. The molecule has 4 fully saturated rings. The number of piperidine rings is 1. The van der Waals surface area contributed by atoms with E-state index in [9.17, 15) is 4.79 Å². The van der Waals surface area contributed by atoms with E-state index in [4.69, 9.17) is 4.74 Å². The second kappa shape index (κ2) is 4.00. The minimum absolute atomic E-state index is 0.0563. The largest absolute Gasteiger partial charge is 0.462 e. The SMILES string of the molecule is CN1CCC(OC(=O)C2C3CNC2C3)CC1. The lowest BCUT2D eigenvalue weighted by Gasteiger charge is -2.35. The summed E-state index contributed by atoms with van der Waals surface area (Å²) in [6.45, 7) is 3.11. The van der Waals surface area contributed by atoms with Crippen LogP contribution in [0, 0.1) is 11.8 Å². The standard InChI is InChI=1S/C12H20N2O2/c1-14-4-2-9(3-5-14)16-12(15)11-8-6-10(11)13-7-8/h8-11,13H,2-7H2,1H3. The Hall–Kier alpha value is -0.610. The summed E-state index contributed by atoms with van der Waals surface area (Å²) in [6.07, 6.45) is 3.34. The van der Waals surface area contributed by atoms with Gasteiger partial charge in [-0.1, -0.05) is 0 Å². The predicted octanol–water partition coefficient (Wildman–Crippen LogP) is 0.232. The van der Waals surface area contributed by atoms with Crippen LogP contribution >= 0.6 is 0 Å². The number of likely N-dealkylation sites (tertiary alicyclic amines) is 1. The van der Waals surface area contributed by atoms with Gasteiger partial charge in [0.05, 0.1) is 5.92 Å². The van der Waals surface area contributed by atoms with Gasteiger partial charge in [-0.05, 0) is 38.8 Å². The maximum absolute atomic E-state index is 12.0. The van der Waals surface area contributed by atoms with E-state index in [2.05, 4.69) is 17.3 Å². The molecule has 0 amide bonds. The van der Waals surface area contributed by atoms with Crippen molar-refractivity contribution >= 4 is 5.97 Å². The van der Waals surface area contributed by atoms with Crippen LogP contribution in [-0.4, -0.2) is 49.7 Å². The van der Waals surface area contributed by atoms with E-state index in [1.807, 2.05) is 0 Å². The lowest BCUT2D eigenvalue weighted by atomic mass is 9.74. The molecule has 2 bridgehead atoms. The Balaban J connectivity index is 1.50. The maximum atomic E-state index is 12.0. The van der Waals surface area contributed by atoms with Crippen molar-refractivity contribution in [2.45, 2.75) is 31.4 Å². The van der Waals surface area contributed by atoms with Crippen LogP contribution in [0.5, 0.6) is 0 Å². The first-order valence-electron chi connectivity index (χ1n) is 6.36. The lowest BCUT2D eigenvalue weighted by molar-refractivity contribution is -0.161. The molecule has 3 saturated heterocycles. The van der Waals surface area contributed by atoms with Crippen LogP contribution in [-0.2, 0) is 9.53 Å². The highest BCUT2D eigenvalue weighted by atomic mass is 16.5. The molecule has 4 heteroatoms. The number of rotatable bonds is 2. The molecule has 1 saturated carbocycles. The van der Waals surface area contributed by atoms with E-state index >= 15 is 0 Å². The molecule has 3 heterocycles. The van der Waals surface area contributed by atoms with Crippen molar-refractivity contribution in [3.63, 3.8) is 0 Å². The molecule has 0 aromatic carbocycles. The molecule has 3 aliphatic heterocycles. The van der Waals surface area contributed by atoms with Crippen LogP contribution in [0.2, 0.25) is 0 Å². The molecule has 4 nitrogen and oxygen atoms in total. The molecule has 0 aromatic rings. The maximum Gasteiger partial charge on any atom is 0.311 e. The fourth-order valence-corrected chi connectivity index (χ4v) is 3.18.